The van der Waals surface area contributed by atoms with Crippen LogP contribution in [-0.2, 0) is 0 Å². The van der Waals surface area contributed by atoms with E-state index in [0.29, 0.717) is 0 Å². The monoisotopic (exact) mass is 221 g/mol. The van der Waals surface area contributed by atoms with E-state index in [2.05, 4.69) is 15.9 Å². The molecule has 2 N–H and O–H groups in total. The van der Waals surface area contributed by atoms with Gasteiger partial charge in [0, 0.05) is 5.56 Å². The van der Waals surface area contributed by atoms with Crippen molar-refractivity contribution in [2.75, 3.05) is 5.73 Å². The van der Waals surface area contributed by atoms with E-state index >= 15 is 0 Å². The normalized spacial score (nSPS) is 10.2. The van der Waals surface area contributed by atoms with E-state index in [0.717, 1.165) is 6.07 Å². The number of halogens is 3. The standard InChI is InChI=1S/C7H6BrF2N/c1-3-6(10)4(8)2-5(9)7(3)11/h2H,11H2,1H3. The van der Waals surface area contributed by atoms with Gasteiger partial charge >= 0.3 is 0 Å². The molecule has 0 saturated carbocycles. The molecule has 1 aromatic rings. The number of hydrogen-bond acceptors (Lipinski definition) is 1. The van der Waals surface area contributed by atoms with Crippen LogP contribution in [0.3, 0.4) is 0 Å². The summed E-state index contributed by atoms with van der Waals surface area (Å²) in [4.78, 5) is 0. The van der Waals surface area contributed by atoms with E-state index in [-0.39, 0.29) is 15.7 Å². The molecule has 0 aromatic heterocycles. The van der Waals surface area contributed by atoms with Crippen molar-refractivity contribution in [3.05, 3.63) is 27.7 Å². The van der Waals surface area contributed by atoms with Crippen molar-refractivity contribution < 1.29 is 8.78 Å². The van der Waals surface area contributed by atoms with Crippen LogP contribution >= 0.6 is 15.9 Å². The van der Waals surface area contributed by atoms with Gasteiger partial charge in [0.2, 0.25) is 0 Å². The number of rotatable bonds is 0. The maximum atomic E-state index is 12.9. The Labute approximate surface area is 71.3 Å². The van der Waals surface area contributed by atoms with Gasteiger partial charge in [0.05, 0.1) is 10.2 Å². The fourth-order valence-corrected chi connectivity index (χ4v) is 1.23. The third-order valence-electron chi connectivity index (χ3n) is 1.45. The highest BCUT2D eigenvalue weighted by Gasteiger charge is 2.10. The second kappa shape index (κ2) is 2.77. The van der Waals surface area contributed by atoms with Gasteiger partial charge in [-0.05, 0) is 28.9 Å². The van der Waals surface area contributed by atoms with Crippen molar-refractivity contribution in [1.82, 2.24) is 0 Å². The molecule has 11 heavy (non-hydrogen) atoms. The molecule has 0 fully saturated rings. The van der Waals surface area contributed by atoms with Gasteiger partial charge in [-0.3, -0.25) is 0 Å². The lowest BCUT2D eigenvalue weighted by atomic mass is 10.2. The van der Waals surface area contributed by atoms with Gasteiger partial charge in [0.15, 0.2) is 0 Å². The van der Waals surface area contributed by atoms with Crippen molar-refractivity contribution in [1.29, 1.82) is 0 Å². The third kappa shape index (κ3) is 1.35. The lowest BCUT2D eigenvalue weighted by Crippen LogP contribution is -1.97. The summed E-state index contributed by atoms with van der Waals surface area (Å²) in [6.07, 6.45) is 0. The van der Waals surface area contributed by atoms with Crippen LogP contribution in [-0.4, -0.2) is 0 Å². The zero-order valence-corrected chi connectivity index (χ0v) is 7.37. The van der Waals surface area contributed by atoms with Crippen LogP contribution in [0.5, 0.6) is 0 Å². The van der Waals surface area contributed by atoms with Gasteiger partial charge in [0.25, 0.3) is 0 Å². The highest BCUT2D eigenvalue weighted by molar-refractivity contribution is 9.10. The summed E-state index contributed by atoms with van der Waals surface area (Å²) in [6, 6.07) is 1.01. The van der Waals surface area contributed by atoms with Gasteiger partial charge in [0.1, 0.15) is 11.6 Å². The van der Waals surface area contributed by atoms with Crippen LogP contribution in [0.1, 0.15) is 5.56 Å². The molecule has 0 aliphatic heterocycles. The minimum atomic E-state index is -0.601. The first-order valence-corrected chi connectivity index (χ1v) is 3.73. The Morgan fingerprint density at radius 2 is 2.00 bits per heavy atom. The molecule has 1 rings (SSSR count). The zero-order chi connectivity index (χ0) is 8.59. The molecule has 0 unspecified atom stereocenters. The van der Waals surface area contributed by atoms with Crippen molar-refractivity contribution in [3.63, 3.8) is 0 Å². The molecule has 1 nitrogen and oxygen atoms in total. The fraction of sp³-hybridized carbons (Fsp3) is 0.143. The van der Waals surface area contributed by atoms with Crippen LogP contribution in [0.4, 0.5) is 14.5 Å². The van der Waals surface area contributed by atoms with Gasteiger partial charge in [-0.1, -0.05) is 0 Å². The molecule has 0 aliphatic carbocycles. The van der Waals surface area contributed by atoms with Gasteiger partial charge in [-0.25, -0.2) is 8.78 Å². The van der Waals surface area contributed by atoms with Crippen LogP contribution in [0.2, 0.25) is 0 Å². The number of nitrogen functional groups attached to an aromatic ring is 1. The SMILES string of the molecule is Cc1c(N)c(F)cc(Br)c1F. The summed E-state index contributed by atoms with van der Waals surface area (Å²) in [5.41, 5.74) is 5.22. The minimum Gasteiger partial charge on any atom is -0.396 e. The molecule has 1 aromatic carbocycles. The second-order valence-corrected chi connectivity index (χ2v) is 3.05. The average molecular weight is 222 g/mol. The lowest BCUT2D eigenvalue weighted by molar-refractivity contribution is 0.590. The molecule has 0 amide bonds. The first kappa shape index (κ1) is 8.46. The molecule has 0 radical (unpaired) electrons. The van der Waals surface area contributed by atoms with E-state index in [1.807, 2.05) is 0 Å². The summed E-state index contributed by atoms with van der Waals surface area (Å²) >= 11 is 2.86. The highest BCUT2D eigenvalue weighted by atomic mass is 79.9. The Balaban J connectivity index is 3.46. The molecule has 0 bridgehead atoms. The molecule has 0 saturated heterocycles. The van der Waals surface area contributed by atoms with Gasteiger partial charge in [-0.15, -0.1) is 0 Å². The largest absolute Gasteiger partial charge is 0.396 e. The molecule has 0 atom stereocenters. The topological polar surface area (TPSA) is 26.0 Å². The molecule has 0 heterocycles. The molecule has 0 aliphatic rings. The number of hydrogen-bond donors (Lipinski definition) is 1. The molecule has 0 spiro atoms. The Bertz CT molecular complexity index is 273. The van der Waals surface area contributed by atoms with Crippen LogP contribution in [0.25, 0.3) is 0 Å². The van der Waals surface area contributed by atoms with Crippen LogP contribution < -0.4 is 5.73 Å². The molecular weight excluding hydrogens is 216 g/mol. The fourth-order valence-electron chi connectivity index (χ4n) is 0.729. The first-order valence-electron chi connectivity index (χ1n) is 2.93. The van der Waals surface area contributed by atoms with E-state index < -0.39 is 11.6 Å². The van der Waals surface area contributed by atoms with Crippen molar-refractivity contribution >= 4 is 21.6 Å². The smallest absolute Gasteiger partial charge is 0.147 e. The summed E-state index contributed by atoms with van der Waals surface area (Å²) in [5.74, 6) is -1.11. The summed E-state index contributed by atoms with van der Waals surface area (Å²) in [6.45, 7) is 1.43. The van der Waals surface area contributed by atoms with Crippen LogP contribution in [0.15, 0.2) is 10.5 Å². The Morgan fingerprint density at radius 1 is 1.45 bits per heavy atom. The van der Waals surface area contributed by atoms with Gasteiger partial charge in [-0.2, -0.15) is 0 Å². The van der Waals surface area contributed by atoms with Crippen LogP contribution in [0, 0.1) is 18.6 Å². The Kier molecular flexibility index (Phi) is 2.13. The van der Waals surface area contributed by atoms with E-state index in [9.17, 15) is 8.78 Å². The maximum absolute atomic E-state index is 12.9. The van der Waals surface area contributed by atoms with Crippen molar-refractivity contribution in [3.8, 4) is 0 Å². The molecule has 4 heteroatoms. The number of benzene rings is 1. The van der Waals surface area contributed by atoms with Gasteiger partial charge < -0.3 is 5.73 Å². The second-order valence-electron chi connectivity index (χ2n) is 2.19. The summed E-state index contributed by atoms with van der Waals surface area (Å²) in [5, 5.41) is 0. The predicted octanol–water partition coefficient (Wildman–Crippen LogP) is 2.62. The Hall–Kier alpha value is -0.640. The lowest BCUT2D eigenvalue weighted by Gasteiger charge is -2.03. The third-order valence-corrected chi connectivity index (χ3v) is 2.03. The Morgan fingerprint density at radius 3 is 2.55 bits per heavy atom. The van der Waals surface area contributed by atoms with Crippen molar-refractivity contribution in [2.24, 2.45) is 0 Å². The minimum absolute atomic E-state index is 0.0988. The quantitative estimate of drug-likeness (QED) is 0.529. The average Bonchev–Trinajstić information content (AvgIpc) is 1.97. The predicted molar refractivity (Wildman–Crippen MR) is 43.2 cm³/mol. The number of nitrogens with two attached hydrogens (primary N) is 1. The van der Waals surface area contributed by atoms with E-state index in [1.54, 1.807) is 0 Å². The summed E-state index contributed by atoms with van der Waals surface area (Å²) in [7, 11) is 0. The van der Waals surface area contributed by atoms with E-state index in [4.69, 9.17) is 5.73 Å². The van der Waals surface area contributed by atoms with E-state index in [1.165, 1.54) is 6.92 Å². The highest BCUT2D eigenvalue weighted by Crippen LogP contribution is 2.25. The maximum Gasteiger partial charge on any atom is 0.147 e. The zero-order valence-electron chi connectivity index (χ0n) is 5.79. The van der Waals surface area contributed by atoms with Crippen molar-refractivity contribution in [2.45, 2.75) is 6.92 Å². The molecular formula is C7H6BrF2N. The summed E-state index contributed by atoms with van der Waals surface area (Å²) < 4.78 is 25.7. The number of anilines is 1. The molecule has 60 valence electrons. The first-order chi connectivity index (χ1) is 5.04.